The van der Waals surface area contributed by atoms with Crippen LogP contribution in [-0.4, -0.2) is 61.5 Å². The number of rotatable bonds is 9. The summed E-state index contributed by atoms with van der Waals surface area (Å²) in [5, 5.41) is 20.3. The van der Waals surface area contributed by atoms with Gasteiger partial charge in [-0.2, -0.15) is 8.78 Å². The van der Waals surface area contributed by atoms with Crippen molar-refractivity contribution in [1.82, 2.24) is 30.2 Å². The fraction of sp³-hybridized carbons (Fsp3) is 0.281. The molecule has 0 aliphatic carbocycles. The number of anilines is 2. The molecule has 2 atom stereocenters. The molecule has 2 aromatic carbocycles. The lowest BCUT2D eigenvalue weighted by Gasteiger charge is -2.37. The standard InChI is InChI=1S/C32H30F4N8O/c1-21(45)30-10-8-26(18-37-30)43-14-12-42(13-15-43)25-6-2-22(3-7-25)23-4-11-31(38-17-23)32(35,36)28(19-44-20-39-40-41-44)27-9-5-24(33)16-29(27)34/h2-11,16-18,20-21,28,45H,12-15,19H2,1H3/t21?,28-/m1/s1. The van der Waals surface area contributed by atoms with Gasteiger partial charge in [0.05, 0.1) is 36.1 Å². The number of hydrogen-bond acceptors (Lipinski definition) is 8. The van der Waals surface area contributed by atoms with E-state index in [1.807, 2.05) is 36.4 Å². The highest BCUT2D eigenvalue weighted by Gasteiger charge is 2.45. The van der Waals surface area contributed by atoms with E-state index in [0.29, 0.717) is 17.3 Å². The van der Waals surface area contributed by atoms with Crippen molar-refractivity contribution in [3.63, 3.8) is 0 Å². The number of aromatic nitrogens is 6. The quantitative estimate of drug-likeness (QED) is 0.221. The van der Waals surface area contributed by atoms with Crippen molar-refractivity contribution >= 4 is 11.4 Å². The van der Waals surface area contributed by atoms with Gasteiger partial charge in [-0.1, -0.05) is 24.3 Å². The van der Waals surface area contributed by atoms with Gasteiger partial charge in [-0.05, 0) is 64.9 Å². The van der Waals surface area contributed by atoms with E-state index in [0.717, 1.165) is 66.3 Å². The predicted molar refractivity (Wildman–Crippen MR) is 160 cm³/mol. The fourth-order valence-electron chi connectivity index (χ4n) is 5.50. The maximum absolute atomic E-state index is 15.9. The van der Waals surface area contributed by atoms with Gasteiger partial charge in [0, 0.05) is 49.7 Å². The van der Waals surface area contributed by atoms with Crippen molar-refractivity contribution in [3.05, 3.63) is 114 Å². The molecule has 1 N–H and O–H groups in total. The van der Waals surface area contributed by atoms with E-state index < -0.39 is 41.8 Å². The van der Waals surface area contributed by atoms with Crippen LogP contribution >= 0.6 is 0 Å². The summed E-state index contributed by atoms with van der Waals surface area (Å²) in [6.07, 6.45) is 3.70. The Morgan fingerprint density at radius 3 is 2.09 bits per heavy atom. The predicted octanol–water partition coefficient (Wildman–Crippen LogP) is 5.36. The van der Waals surface area contributed by atoms with E-state index >= 15 is 8.78 Å². The largest absolute Gasteiger partial charge is 0.387 e. The highest BCUT2D eigenvalue weighted by atomic mass is 19.3. The zero-order valence-corrected chi connectivity index (χ0v) is 24.3. The Kier molecular flexibility index (Phi) is 8.44. The van der Waals surface area contributed by atoms with Crippen molar-refractivity contribution in [2.75, 3.05) is 36.0 Å². The zero-order chi connectivity index (χ0) is 31.6. The Labute approximate surface area is 256 Å². The first-order valence-electron chi connectivity index (χ1n) is 14.4. The SMILES string of the molecule is CC(O)c1ccc(N2CCN(c3ccc(-c4ccc(C(F)(F)[C@H](Cn5cnnn5)c5ccc(F)cc5F)nc4)cc3)CC2)cn1. The number of piperazine rings is 1. The molecule has 0 radical (unpaired) electrons. The first kappa shape index (κ1) is 30.1. The van der Waals surface area contributed by atoms with Gasteiger partial charge in [0.15, 0.2) is 0 Å². The van der Waals surface area contributed by atoms with Gasteiger partial charge in [0.25, 0.3) is 5.92 Å². The molecule has 6 rings (SSSR count). The average Bonchev–Trinajstić information content (AvgIpc) is 3.58. The van der Waals surface area contributed by atoms with E-state index in [1.54, 1.807) is 19.2 Å². The van der Waals surface area contributed by atoms with Gasteiger partial charge in [-0.15, -0.1) is 5.10 Å². The van der Waals surface area contributed by atoms with Gasteiger partial charge in [0.1, 0.15) is 23.7 Å². The molecule has 1 aliphatic rings. The second-order valence-corrected chi connectivity index (χ2v) is 10.9. The molecule has 0 bridgehead atoms. The smallest absolute Gasteiger partial charge is 0.298 e. The lowest BCUT2D eigenvalue weighted by molar-refractivity contribution is -0.0455. The van der Waals surface area contributed by atoms with Crippen LogP contribution in [0.25, 0.3) is 11.1 Å². The van der Waals surface area contributed by atoms with E-state index in [-0.39, 0.29) is 5.56 Å². The molecule has 13 heteroatoms. The van der Waals surface area contributed by atoms with Crippen molar-refractivity contribution in [2.45, 2.75) is 31.4 Å². The molecule has 9 nitrogen and oxygen atoms in total. The van der Waals surface area contributed by atoms with Crippen molar-refractivity contribution in [1.29, 1.82) is 0 Å². The summed E-state index contributed by atoms with van der Waals surface area (Å²) < 4.78 is 61.2. The summed E-state index contributed by atoms with van der Waals surface area (Å²) in [4.78, 5) is 12.9. The van der Waals surface area contributed by atoms with E-state index in [1.165, 1.54) is 12.3 Å². The molecular formula is C32H30F4N8O. The third kappa shape index (κ3) is 6.48. The van der Waals surface area contributed by atoms with Crippen LogP contribution < -0.4 is 9.80 Å². The lowest BCUT2D eigenvalue weighted by Crippen LogP contribution is -2.46. The maximum Gasteiger partial charge on any atom is 0.298 e. The summed E-state index contributed by atoms with van der Waals surface area (Å²) >= 11 is 0. The van der Waals surface area contributed by atoms with Gasteiger partial charge in [-0.3, -0.25) is 9.97 Å². The number of aliphatic hydroxyl groups is 1. The minimum Gasteiger partial charge on any atom is -0.387 e. The third-order valence-corrected chi connectivity index (χ3v) is 8.05. The van der Waals surface area contributed by atoms with Crippen molar-refractivity contribution < 1.29 is 22.7 Å². The van der Waals surface area contributed by atoms with Gasteiger partial charge < -0.3 is 14.9 Å². The Hall–Kier alpha value is -4.91. The van der Waals surface area contributed by atoms with Gasteiger partial charge >= 0.3 is 0 Å². The summed E-state index contributed by atoms with van der Waals surface area (Å²) in [6.45, 7) is 4.48. The maximum atomic E-state index is 15.9. The minimum absolute atomic E-state index is 0.370. The minimum atomic E-state index is -3.63. The van der Waals surface area contributed by atoms with Crippen LogP contribution in [0.5, 0.6) is 0 Å². The molecule has 232 valence electrons. The lowest BCUT2D eigenvalue weighted by atomic mass is 9.89. The Morgan fingerprint density at radius 2 is 1.51 bits per heavy atom. The molecule has 0 spiro atoms. The molecule has 1 fully saturated rings. The molecule has 0 saturated carbocycles. The number of hydrogen-bond donors (Lipinski definition) is 1. The van der Waals surface area contributed by atoms with Crippen LogP contribution in [0.4, 0.5) is 28.9 Å². The van der Waals surface area contributed by atoms with Crippen LogP contribution in [0.1, 0.15) is 35.9 Å². The molecule has 45 heavy (non-hydrogen) atoms. The summed E-state index contributed by atoms with van der Waals surface area (Å²) in [5.41, 5.74) is 3.22. The van der Waals surface area contributed by atoms with Crippen molar-refractivity contribution in [3.8, 4) is 11.1 Å². The second kappa shape index (κ2) is 12.6. The van der Waals surface area contributed by atoms with Gasteiger partial charge in [-0.25, -0.2) is 13.5 Å². The van der Waals surface area contributed by atoms with Gasteiger partial charge in [0.2, 0.25) is 0 Å². The Morgan fingerprint density at radius 1 is 0.822 bits per heavy atom. The monoisotopic (exact) mass is 618 g/mol. The molecular weight excluding hydrogens is 588 g/mol. The number of halogens is 4. The summed E-state index contributed by atoms with van der Waals surface area (Å²) in [5.74, 6) is -7.34. The normalized spacial score (nSPS) is 15.2. The first-order valence-corrected chi connectivity index (χ1v) is 14.4. The van der Waals surface area contributed by atoms with Crippen LogP contribution in [0.15, 0.2) is 85.5 Å². The Bertz CT molecular complexity index is 1710. The molecule has 1 saturated heterocycles. The number of pyridine rings is 2. The van der Waals surface area contributed by atoms with Crippen LogP contribution in [0.2, 0.25) is 0 Å². The Balaban J connectivity index is 1.14. The van der Waals surface area contributed by atoms with Crippen LogP contribution in [-0.2, 0) is 12.5 Å². The average molecular weight is 619 g/mol. The molecule has 3 aromatic heterocycles. The molecule has 4 heterocycles. The van der Waals surface area contributed by atoms with Crippen LogP contribution in [0, 0.1) is 11.6 Å². The summed E-state index contributed by atoms with van der Waals surface area (Å²) in [6, 6.07) is 16.9. The highest BCUT2D eigenvalue weighted by Crippen LogP contribution is 2.43. The summed E-state index contributed by atoms with van der Waals surface area (Å²) in [7, 11) is 0. The van der Waals surface area contributed by atoms with Crippen LogP contribution in [0.3, 0.4) is 0 Å². The van der Waals surface area contributed by atoms with E-state index in [9.17, 15) is 13.9 Å². The topological polar surface area (TPSA) is 96.1 Å². The zero-order valence-electron chi connectivity index (χ0n) is 24.3. The number of tetrazole rings is 1. The second-order valence-electron chi connectivity index (χ2n) is 10.9. The van der Waals surface area contributed by atoms with E-state index in [4.69, 9.17) is 0 Å². The number of aliphatic hydroxyl groups excluding tert-OH is 1. The molecule has 1 unspecified atom stereocenters. The third-order valence-electron chi connectivity index (χ3n) is 8.05. The fourth-order valence-corrected chi connectivity index (χ4v) is 5.50. The van der Waals surface area contributed by atoms with E-state index in [2.05, 4.69) is 35.3 Å². The molecule has 0 amide bonds. The highest BCUT2D eigenvalue weighted by molar-refractivity contribution is 5.66. The molecule has 5 aromatic rings. The van der Waals surface area contributed by atoms with Crippen molar-refractivity contribution in [2.24, 2.45) is 0 Å². The molecule has 1 aliphatic heterocycles. The number of benzene rings is 2. The first-order chi connectivity index (χ1) is 21.7. The number of alkyl halides is 2. The number of nitrogens with zero attached hydrogens (tertiary/aromatic N) is 8.